The fourth-order valence-electron chi connectivity index (χ4n) is 3.53. The molecule has 1 N–H and O–H groups in total. The lowest BCUT2D eigenvalue weighted by Crippen LogP contribution is -2.28. The van der Waals surface area contributed by atoms with Crippen LogP contribution in [0.5, 0.6) is 0 Å². The van der Waals surface area contributed by atoms with Crippen molar-refractivity contribution in [3.8, 4) is 5.69 Å². The van der Waals surface area contributed by atoms with Gasteiger partial charge in [-0.25, -0.2) is 9.67 Å². The van der Waals surface area contributed by atoms with E-state index in [1.54, 1.807) is 15.9 Å². The Morgan fingerprint density at radius 2 is 1.83 bits per heavy atom. The van der Waals surface area contributed by atoms with Gasteiger partial charge in [0.1, 0.15) is 12.7 Å². The zero-order valence-corrected chi connectivity index (χ0v) is 16.3. The average Bonchev–Trinajstić information content (AvgIpc) is 3.41. The fraction of sp³-hybridized carbons (Fsp3) is 0.273. The van der Waals surface area contributed by atoms with Gasteiger partial charge in [0.2, 0.25) is 11.8 Å². The van der Waals surface area contributed by atoms with Gasteiger partial charge in [-0.2, -0.15) is 5.10 Å². The normalized spacial score (nSPS) is 14.8. The van der Waals surface area contributed by atoms with Crippen LogP contribution in [0, 0.1) is 0 Å². The number of carbonyl (C=O) groups excluding carboxylic acids is 2. The summed E-state index contributed by atoms with van der Waals surface area (Å²) < 4.78 is 1.69. The molecule has 2 heterocycles. The number of amides is 2. The largest absolute Gasteiger partial charge is 0.349 e. The van der Waals surface area contributed by atoms with Gasteiger partial charge in [-0.3, -0.25) is 9.59 Å². The van der Waals surface area contributed by atoms with Gasteiger partial charge < -0.3 is 10.2 Å². The van der Waals surface area contributed by atoms with Crippen molar-refractivity contribution in [1.29, 1.82) is 0 Å². The summed E-state index contributed by atoms with van der Waals surface area (Å²) in [5.41, 5.74) is 3.76. The monoisotopic (exact) mass is 389 g/mol. The summed E-state index contributed by atoms with van der Waals surface area (Å²) in [6, 6.07) is 15.4. The van der Waals surface area contributed by atoms with Crippen LogP contribution in [0.15, 0.2) is 61.2 Å². The lowest BCUT2D eigenvalue weighted by molar-refractivity contribution is -0.121. The van der Waals surface area contributed by atoms with Crippen molar-refractivity contribution in [1.82, 2.24) is 20.1 Å². The highest BCUT2D eigenvalue weighted by atomic mass is 16.2. The van der Waals surface area contributed by atoms with Crippen LogP contribution in [0.3, 0.4) is 0 Å². The van der Waals surface area contributed by atoms with E-state index >= 15 is 0 Å². The minimum absolute atomic E-state index is 0.0390. The molecule has 1 aromatic heterocycles. The molecule has 0 aliphatic carbocycles. The number of carbonyl (C=O) groups is 2. The molecule has 1 aliphatic rings. The van der Waals surface area contributed by atoms with E-state index in [1.165, 1.54) is 6.33 Å². The highest BCUT2D eigenvalue weighted by molar-refractivity contribution is 5.95. The van der Waals surface area contributed by atoms with E-state index in [-0.39, 0.29) is 17.9 Å². The number of nitrogens with one attached hydrogen (secondary N) is 1. The molecule has 0 spiro atoms. The minimum Gasteiger partial charge on any atom is -0.349 e. The highest BCUT2D eigenvalue weighted by Crippen LogP contribution is 2.22. The average molecular weight is 389 g/mol. The number of rotatable bonds is 6. The van der Waals surface area contributed by atoms with Crippen molar-refractivity contribution in [2.45, 2.75) is 32.2 Å². The molecule has 1 atom stereocenters. The Morgan fingerprint density at radius 3 is 2.45 bits per heavy atom. The third-order valence-corrected chi connectivity index (χ3v) is 5.14. The number of aromatic nitrogens is 3. The predicted molar refractivity (Wildman–Crippen MR) is 110 cm³/mol. The van der Waals surface area contributed by atoms with E-state index in [0.717, 1.165) is 35.5 Å². The van der Waals surface area contributed by atoms with Crippen molar-refractivity contribution in [3.63, 3.8) is 0 Å². The lowest BCUT2D eigenvalue weighted by Gasteiger charge is -2.17. The quantitative estimate of drug-likeness (QED) is 0.703. The molecule has 2 aromatic carbocycles. The second-order valence-corrected chi connectivity index (χ2v) is 7.21. The Morgan fingerprint density at radius 1 is 1.10 bits per heavy atom. The third kappa shape index (κ3) is 4.34. The summed E-state index contributed by atoms with van der Waals surface area (Å²) >= 11 is 0. The standard InChI is InChI=1S/C22H23N5O2/c1-16(18-6-10-20(11-7-18)27-15-23-14-24-27)25-21(28)13-17-4-8-19(9-5-17)26-12-2-3-22(26)29/h4-11,14-16H,2-3,12-13H2,1H3,(H,25,28). The zero-order valence-electron chi connectivity index (χ0n) is 16.3. The zero-order chi connectivity index (χ0) is 20.2. The molecule has 7 nitrogen and oxygen atoms in total. The summed E-state index contributed by atoms with van der Waals surface area (Å²) in [5.74, 6) is 0.127. The first-order valence-electron chi connectivity index (χ1n) is 9.74. The van der Waals surface area contributed by atoms with Crippen LogP contribution < -0.4 is 10.2 Å². The van der Waals surface area contributed by atoms with Gasteiger partial charge in [0.15, 0.2) is 0 Å². The van der Waals surface area contributed by atoms with Gasteiger partial charge in [0, 0.05) is 18.7 Å². The number of benzene rings is 2. The number of hydrogen-bond acceptors (Lipinski definition) is 4. The molecule has 148 valence electrons. The first-order valence-corrected chi connectivity index (χ1v) is 9.74. The molecule has 0 saturated carbocycles. The Labute approximate surface area is 169 Å². The number of hydrogen-bond donors (Lipinski definition) is 1. The maximum absolute atomic E-state index is 12.4. The first-order chi connectivity index (χ1) is 14.1. The van der Waals surface area contributed by atoms with Crippen molar-refractivity contribution < 1.29 is 9.59 Å². The van der Waals surface area contributed by atoms with Crippen molar-refractivity contribution >= 4 is 17.5 Å². The topological polar surface area (TPSA) is 80.1 Å². The van der Waals surface area contributed by atoms with Gasteiger partial charge >= 0.3 is 0 Å². The molecule has 0 radical (unpaired) electrons. The molecule has 3 aromatic rings. The van der Waals surface area contributed by atoms with Crippen LogP contribution >= 0.6 is 0 Å². The molecule has 1 saturated heterocycles. The van der Waals surface area contributed by atoms with Crippen molar-refractivity contribution in [2.24, 2.45) is 0 Å². The van der Waals surface area contributed by atoms with Crippen LogP contribution in [-0.2, 0) is 16.0 Å². The molecule has 1 fully saturated rings. The molecule has 7 heteroatoms. The van der Waals surface area contributed by atoms with Crippen LogP contribution in [0.2, 0.25) is 0 Å². The van der Waals surface area contributed by atoms with Gasteiger partial charge in [0.25, 0.3) is 0 Å². The summed E-state index contributed by atoms with van der Waals surface area (Å²) in [6.07, 6.45) is 4.95. The van der Waals surface area contributed by atoms with E-state index in [0.29, 0.717) is 12.8 Å². The van der Waals surface area contributed by atoms with E-state index < -0.39 is 0 Å². The maximum atomic E-state index is 12.4. The summed E-state index contributed by atoms with van der Waals surface area (Å²) in [4.78, 5) is 30.0. The molecule has 29 heavy (non-hydrogen) atoms. The Bertz CT molecular complexity index is 981. The molecule has 0 bridgehead atoms. The second kappa shape index (κ2) is 8.26. The van der Waals surface area contributed by atoms with Gasteiger partial charge in [-0.1, -0.05) is 24.3 Å². The van der Waals surface area contributed by atoms with Gasteiger partial charge in [0.05, 0.1) is 18.2 Å². The molecule has 4 rings (SSSR count). The smallest absolute Gasteiger partial charge is 0.227 e. The van der Waals surface area contributed by atoms with Crippen molar-refractivity contribution in [3.05, 3.63) is 72.3 Å². The van der Waals surface area contributed by atoms with Gasteiger partial charge in [-0.05, 0) is 48.7 Å². The fourth-order valence-corrected chi connectivity index (χ4v) is 3.53. The number of anilines is 1. The molecular formula is C22H23N5O2. The Kier molecular flexibility index (Phi) is 5.37. The van der Waals surface area contributed by atoms with Gasteiger partial charge in [-0.15, -0.1) is 0 Å². The third-order valence-electron chi connectivity index (χ3n) is 5.14. The Balaban J connectivity index is 1.33. The lowest BCUT2D eigenvalue weighted by atomic mass is 10.1. The Hall–Kier alpha value is -3.48. The molecule has 1 aliphatic heterocycles. The van der Waals surface area contributed by atoms with Crippen LogP contribution in [0.4, 0.5) is 5.69 Å². The van der Waals surface area contributed by atoms with Crippen LogP contribution in [-0.4, -0.2) is 33.1 Å². The number of nitrogens with zero attached hydrogens (tertiary/aromatic N) is 4. The van der Waals surface area contributed by atoms with E-state index in [4.69, 9.17) is 0 Å². The molecular weight excluding hydrogens is 366 g/mol. The van der Waals surface area contributed by atoms with Crippen LogP contribution in [0.1, 0.15) is 36.9 Å². The summed E-state index contributed by atoms with van der Waals surface area (Å²) in [7, 11) is 0. The first kappa shape index (κ1) is 18.9. The molecule has 2 amide bonds. The van der Waals surface area contributed by atoms with Crippen molar-refractivity contribution in [2.75, 3.05) is 11.4 Å². The summed E-state index contributed by atoms with van der Waals surface area (Å²) in [5, 5.41) is 7.14. The second-order valence-electron chi connectivity index (χ2n) is 7.21. The minimum atomic E-state index is -0.103. The van der Waals surface area contributed by atoms with E-state index in [1.807, 2.05) is 55.5 Å². The molecule has 1 unspecified atom stereocenters. The highest BCUT2D eigenvalue weighted by Gasteiger charge is 2.21. The van der Waals surface area contributed by atoms with E-state index in [2.05, 4.69) is 15.4 Å². The maximum Gasteiger partial charge on any atom is 0.227 e. The summed E-state index contributed by atoms with van der Waals surface area (Å²) in [6.45, 7) is 2.73. The SMILES string of the molecule is CC(NC(=O)Cc1ccc(N2CCCC2=O)cc1)c1ccc(-n2cncn2)cc1. The van der Waals surface area contributed by atoms with E-state index in [9.17, 15) is 9.59 Å². The van der Waals surface area contributed by atoms with Crippen LogP contribution in [0.25, 0.3) is 5.69 Å². The predicted octanol–water partition coefficient (Wildman–Crippen LogP) is 2.81.